The number of carbonyl (C=O) groups excluding carboxylic acids is 2. The number of nitrogens with zero attached hydrogens (tertiary/aromatic N) is 4. The zero-order chi connectivity index (χ0) is 27.0. The number of carbonyl (C=O) groups is 2. The van der Waals surface area contributed by atoms with Crippen LogP contribution in [0.3, 0.4) is 0 Å². The first-order valence-electron chi connectivity index (χ1n) is 13.6. The molecule has 0 spiro atoms. The third-order valence-electron chi connectivity index (χ3n) is 6.77. The van der Waals surface area contributed by atoms with Gasteiger partial charge in [0.2, 0.25) is 5.91 Å². The fraction of sp³-hybridized carbons (Fsp3) is 0.778. The first-order valence-corrected chi connectivity index (χ1v) is 14.8. The summed E-state index contributed by atoms with van der Waals surface area (Å²) in [6, 6.07) is -0.0691. The van der Waals surface area contributed by atoms with Crippen LogP contribution in [0.25, 0.3) is 0 Å². The van der Waals surface area contributed by atoms with Gasteiger partial charge in [0.15, 0.2) is 0 Å². The normalized spacial score (nSPS) is 20.7. The van der Waals surface area contributed by atoms with Crippen LogP contribution in [-0.4, -0.2) is 102 Å². The molecule has 2 fully saturated rings. The quantitative estimate of drug-likeness (QED) is 0.442. The smallest absolute Gasteiger partial charge is 0.259 e. The lowest BCUT2D eigenvalue weighted by Gasteiger charge is -2.40. The maximum Gasteiger partial charge on any atom is 0.259 e. The van der Waals surface area contributed by atoms with E-state index in [9.17, 15) is 9.59 Å². The predicted molar refractivity (Wildman–Crippen MR) is 150 cm³/mol. The van der Waals surface area contributed by atoms with Crippen LogP contribution in [0.1, 0.15) is 63.6 Å². The minimum Gasteiger partial charge on any atom is -0.385 e. The molecule has 3 rings (SSSR count). The number of hydrogen-bond acceptors (Lipinski definition) is 8. The molecule has 0 saturated carbocycles. The van der Waals surface area contributed by atoms with Gasteiger partial charge in [0.05, 0.1) is 5.92 Å². The van der Waals surface area contributed by atoms with Crippen LogP contribution in [0.5, 0.6) is 0 Å². The largest absolute Gasteiger partial charge is 0.385 e. The number of methoxy groups -OCH3 is 1. The zero-order valence-electron chi connectivity index (χ0n) is 23.5. The van der Waals surface area contributed by atoms with Crippen molar-refractivity contribution in [3.05, 3.63) is 17.6 Å². The Labute approximate surface area is 226 Å². The summed E-state index contributed by atoms with van der Waals surface area (Å²) in [5.41, 5.74) is 0.239. The second-order valence-corrected chi connectivity index (χ2v) is 12.7. The molecule has 1 aromatic heterocycles. The molecule has 0 radical (unpaired) electrons. The van der Waals surface area contributed by atoms with Gasteiger partial charge >= 0.3 is 0 Å². The average Bonchev–Trinajstić information content (AvgIpc) is 2.89. The topological polar surface area (TPSA) is 99.7 Å². The van der Waals surface area contributed by atoms with Crippen LogP contribution in [0.4, 0.5) is 5.82 Å². The van der Waals surface area contributed by atoms with Crippen molar-refractivity contribution in [2.45, 2.75) is 58.9 Å². The summed E-state index contributed by atoms with van der Waals surface area (Å²) < 4.78 is 5.18. The van der Waals surface area contributed by atoms with E-state index in [-0.39, 0.29) is 35.1 Å². The SMILES string of the molecule is COCCCNc1nc(C(C)(C)C)ncc1C(=O)N(CC(C)C)[C@@H]1CNC[C@H](C(=O)N2CCSCC2)C1. The van der Waals surface area contributed by atoms with Gasteiger partial charge in [-0.25, -0.2) is 9.97 Å². The van der Waals surface area contributed by atoms with Crippen molar-refractivity contribution >= 4 is 29.4 Å². The Hall–Kier alpha value is -1.91. The lowest BCUT2D eigenvalue weighted by Crippen LogP contribution is -2.55. The van der Waals surface area contributed by atoms with Crippen LogP contribution in [-0.2, 0) is 14.9 Å². The number of anilines is 1. The van der Waals surface area contributed by atoms with Crippen LogP contribution in [0, 0.1) is 11.8 Å². The second-order valence-electron chi connectivity index (χ2n) is 11.5. The molecule has 2 atom stereocenters. The third kappa shape index (κ3) is 8.29. The molecule has 0 aliphatic carbocycles. The number of nitrogens with one attached hydrogen (secondary N) is 2. The molecule has 0 aromatic carbocycles. The number of thioether (sulfide) groups is 1. The molecule has 2 saturated heterocycles. The number of ether oxygens (including phenoxy) is 1. The fourth-order valence-corrected chi connectivity index (χ4v) is 5.69. The molecule has 9 nitrogen and oxygen atoms in total. The standard InChI is InChI=1S/C27H46N6O3S/c1-19(2)18-33(21-14-20(15-28-16-21)24(34)32-9-12-37-13-10-32)25(35)22-17-30-26(27(3,4)5)31-23(22)29-8-7-11-36-6/h17,19-21,28H,7-16,18H2,1-6H3,(H,29,30,31)/t20-,21+/m1/s1. The fourth-order valence-electron chi connectivity index (χ4n) is 4.79. The summed E-state index contributed by atoms with van der Waals surface area (Å²) in [4.78, 5) is 40.7. The van der Waals surface area contributed by atoms with Crippen molar-refractivity contribution in [2.75, 3.05) is 69.8 Å². The van der Waals surface area contributed by atoms with Crippen LogP contribution in [0.2, 0.25) is 0 Å². The maximum absolute atomic E-state index is 14.1. The number of amides is 2. The van der Waals surface area contributed by atoms with Gasteiger partial charge in [-0.05, 0) is 18.8 Å². The van der Waals surface area contributed by atoms with Crippen molar-refractivity contribution < 1.29 is 14.3 Å². The molecular weight excluding hydrogens is 488 g/mol. The van der Waals surface area contributed by atoms with E-state index in [0.717, 1.165) is 31.0 Å². The molecule has 2 aliphatic heterocycles. The van der Waals surface area contributed by atoms with Crippen molar-refractivity contribution in [2.24, 2.45) is 11.8 Å². The number of aromatic nitrogens is 2. The lowest BCUT2D eigenvalue weighted by molar-refractivity contribution is -0.136. The molecule has 0 bridgehead atoms. The minimum atomic E-state index is -0.240. The van der Waals surface area contributed by atoms with Crippen LogP contribution >= 0.6 is 11.8 Å². The molecule has 0 unspecified atom stereocenters. The summed E-state index contributed by atoms with van der Waals surface area (Å²) in [6.07, 6.45) is 3.15. The van der Waals surface area contributed by atoms with E-state index in [1.165, 1.54) is 0 Å². The van der Waals surface area contributed by atoms with Gasteiger partial charge in [-0.1, -0.05) is 34.6 Å². The van der Waals surface area contributed by atoms with E-state index in [4.69, 9.17) is 9.72 Å². The van der Waals surface area contributed by atoms with E-state index in [0.29, 0.717) is 56.4 Å². The Bertz CT molecular complexity index is 901. The molecule has 2 amide bonds. The van der Waals surface area contributed by atoms with Gasteiger partial charge in [-0.2, -0.15) is 11.8 Å². The van der Waals surface area contributed by atoms with Crippen LogP contribution < -0.4 is 10.6 Å². The van der Waals surface area contributed by atoms with Crippen LogP contribution in [0.15, 0.2) is 6.20 Å². The summed E-state index contributed by atoms with van der Waals surface area (Å²) in [5.74, 6) is 3.55. The van der Waals surface area contributed by atoms with Gasteiger partial charge in [0.25, 0.3) is 5.91 Å². The highest BCUT2D eigenvalue weighted by molar-refractivity contribution is 7.99. The number of hydrogen-bond donors (Lipinski definition) is 2. The third-order valence-corrected chi connectivity index (χ3v) is 7.71. The number of piperidine rings is 1. The van der Waals surface area contributed by atoms with Gasteiger partial charge in [0.1, 0.15) is 17.2 Å². The van der Waals surface area contributed by atoms with E-state index in [1.54, 1.807) is 13.3 Å². The van der Waals surface area contributed by atoms with Gasteiger partial charge in [-0.15, -0.1) is 0 Å². The van der Waals surface area contributed by atoms with Crippen molar-refractivity contribution in [3.8, 4) is 0 Å². The zero-order valence-corrected chi connectivity index (χ0v) is 24.3. The van der Waals surface area contributed by atoms with E-state index in [2.05, 4.69) is 50.2 Å². The second kappa shape index (κ2) is 13.8. The van der Waals surface area contributed by atoms with E-state index in [1.807, 2.05) is 21.6 Å². The lowest BCUT2D eigenvalue weighted by atomic mass is 9.92. The highest BCUT2D eigenvalue weighted by atomic mass is 32.2. The Morgan fingerprint density at radius 3 is 2.65 bits per heavy atom. The highest BCUT2D eigenvalue weighted by Gasteiger charge is 2.36. The Balaban J connectivity index is 1.84. The molecule has 208 valence electrons. The van der Waals surface area contributed by atoms with E-state index < -0.39 is 0 Å². The first kappa shape index (κ1) is 29.6. The Kier molecular flexibility index (Phi) is 11.0. The molecule has 10 heteroatoms. The Morgan fingerprint density at radius 2 is 2.00 bits per heavy atom. The molecule has 3 heterocycles. The van der Waals surface area contributed by atoms with Crippen molar-refractivity contribution in [1.29, 1.82) is 0 Å². The Morgan fingerprint density at radius 1 is 1.27 bits per heavy atom. The summed E-state index contributed by atoms with van der Waals surface area (Å²) in [6.45, 7) is 15.3. The van der Waals surface area contributed by atoms with Gasteiger partial charge in [-0.3, -0.25) is 9.59 Å². The highest BCUT2D eigenvalue weighted by Crippen LogP contribution is 2.26. The van der Waals surface area contributed by atoms with Crippen molar-refractivity contribution in [1.82, 2.24) is 25.1 Å². The maximum atomic E-state index is 14.1. The monoisotopic (exact) mass is 534 g/mol. The number of rotatable bonds is 10. The van der Waals surface area contributed by atoms with Crippen molar-refractivity contribution in [3.63, 3.8) is 0 Å². The summed E-state index contributed by atoms with van der Waals surface area (Å²) >= 11 is 1.90. The summed E-state index contributed by atoms with van der Waals surface area (Å²) in [7, 11) is 1.68. The molecular formula is C27H46N6O3S. The molecule has 1 aromatic rings. The minimum absolute atomic E-state index is 0.0691. The average molecular weight is 535 g/mol. The first-order chi connectivity index (χ1) is 17.6. The molecule has 2 N–H and O–H groups in total. The predicted octanol–water partition coefficient (Wildman–Crippen LogP) is 2.87. The molecule has 2 aliphatic rings. The summed E-state index contributed by atoms with van der Waals surface area (Å²) in [5, 5.41) is 6.82. The molecule has 37 heavy (non-hydrogen) atoms. The van der Waals surface area contributed by atoms with Gasteiger partial charge in [0, 0.05) is 82.1 Å². The van der Waals surface area contributed by atoms with E-state index >= 15 is 0 Å². The van der Waals surface area contributed by atoms with Gasteiger partial charge < -0.3 is 25.2 Å².